The van der Waals surface area contributed by atoms with E-state index in [1.54, 1.807) is 0 Å². The van der Waals surface area contributed by atoms with Crippen LogP contribution in [0.5, 0.6) is 0 Å². The summed E-state index contributed by atoms with van der Waals surface area (Å²) in [5, 5.41) is 4.82. The van der Waals surface area contributed by atoms with Gasteiger partial charge in [-0.15, -0.1) is 0 Å². The van der Waals surface area contributed by atoms with Crippen molar-refractivity contribution in [2.75, 3.05) is 13.1 Å². The fourth-order valence-electron chi connectivity index (χ4n) is 3.68. The lowest BCUT2D eigenvalue weighted by atomic mass is 9.81. The van der Waals surface area contributed by atoms with Gasteiger partial charge in [0.15, 0.2) is 0 Å². The average Bonchev–Trinajstić information content (AvgIpc) is 2.81. The summed E-state index contributed by atoms with van der Waals surface area (Å²) in [6, 6.07) is 0. The van der Waals surface area contributed by atoms with E-state index in [1.807, 2.05) is 0 Å². The molecule has 104 valence electrons. The maximum Gasteiger partial charge on any atom is 0.138 e. The topological polar surface area (TPSA) is 27.8 Å². The first-order valence-electron chi connectivity index (χ1n) is 7.60. The largest absolute Gasteiger partial charge is 0.368 e. The molecule has 0 aliphatic carbocycles. The number of aromatic amines is 1. The van der Waals surface area contributed by atoms with Gasteiger partial charge in [-0.25, -0.2) is 0 Å². The van der Waals surface area contributed by atoms with Crippen LogP contribution in [0.1, 0.15) is 46.6 Å². The van der Waals surface area contributed by atoms with Gasteiger partial charge < -0.3 is 10.3 Å². The lowest BCUT2D eigenvalue weighted by Crippen LogP contribution is -2.28. The smallest absolute Gasteiger partial charge is 0.138 e. The van der Waals surface area contributed by atoms with Gasteiger partial charge in [-0.3, -0.25) is 0 Å². The summed E-state index contributed by atoms with van der Waals surface area (Å²) in [5.41, 5.74) is 9.02. The summed E-state index contributed by atoms with van der Waals surface area (Å²) >= 11 is 0. The highest BCUT2D eigenvalue weighted by atomic mass is 14.9. The molecule has 2 aromatic rings. The maximum absolute atomic E-state index is 6.35. The zero-order chi connectivity index (χ0) is 14.4. The van der Waals surface area contributed by atoms with Gasteiger partial charge in [0.05, 0.1) is 0 Å². The minimum absolute atomic E-state index is 0.588. The summed E-state index contributed by atoms with van der Waals surface area (Å²) in [5.74, 6) is 0.588. The Hall–Kier alpha value is -1.22. The third-order valence-electron chi connectivity index (χ3n) is 5.25. The van der Waals surface area contributed by atoms with Crippen molar-refractivity contribution in [3.8, 4) is 0 Å². The first-order valence-corrected chi connectivity index (χ1v) is 7.60. The van der Waals surface area contributed by atoms with Crippen molar-refractivity contribution in [1.29, 1.82) is 0 Å². The molecular formula is C17H23BN2. The lowest BCUT2D eigenvalue weighted by molar-refractivity contribution is 0.463. The van der Waals surface area contributed by atoms with E-state index < -0.39 is 0 Å². The highest BCUT2D eigenvalue weighted by Crippen LogP contribution is 2.35. The molecule has 0 atom stereocenters. The molecule has 2 N–H and O–H groups in total. The number of hydrogen-bond donors (Lipinski definition) is 2. The molecular weight excluding hydrogens is 243 g/mol. The quantitative estimate of drug-likeness (QED) is 0.763. The second-order valence-electron chi connectivity index (χ2n) is 6.23. The van der Waals surface area contributed by atoms with Crippen LogP contribution < -0.4 is 10.9 Å². The van der Waals surface area contributed by atoms with E-state index in [0.29, 0.717) is 5.92 Å². The SMILES string of the molecule is [B]c1[nH]c2c(C)c(C)c(C)c(C)c2c1C1CCNCC1. The first-order chi connectivity index (χ1) is 9.52. The fraction of sp³-hybridized carbons (Fsp3) is 0.529. The van der Waals surface area contributed by atoms with Crippen molar-refractivity contribution in [2.45, 2.75) is 46.5 Å². The summed E-state index contributed by atoms with van der Waals surface area (Å²) in [7, 11) is 6.35. The molecule has 1 saturated heterocycles. The first kappa shape index (κ1) is 13.8. The third kappa shape index (κ3) is 1.91. The molecule has 0 bridgehead atoms. The Morgan fingerprint density at radius 3 is 2.15 bits per heavy atom. The van der Waals surface area contributed by atoms with E-state index >= 15 is 0 Å². The highest BCUT2D eigenvalue weighted by molar-refractivity contribution is 6.34. The van der Waals surface area contributed by atoms with Crippen LogP contribution in [0, 0.1) is 27.7 Å². The van der Waals surface area contributed by atoms with Gasteiger partial charge in [-0.1, -0.05) is 0 Å². The fourth-order valence-corrected chi connectivity index (χ4v) is 3.68. The van der Waals surface area contributed by atoms with E-state index in [2.05, 4.69) is 38.0 Å². The number of hydrogen-bond acceptors (Lipinski definition) is 1. The molecule has 3 heteroatoms. The Morgan fingerprint density at radius 1 is 0.900 bits per heavy atom. The Bertz CT molecular complexity index is 664. The van der Waals surface area contributed by atoms with Crippen LogP contribution in [0.4, 0.5) is 0 Å². The maximum atomic E-state index is 6.35. The van der Waals surface area contributed by atoms with Crippen LogP contribution in [-0.2, 0) is 0 Å². The molecule has 0 spiro atoms. The average molecular weight is 266 g/mol. The minimum Gasteiger partial charge on any atom is -0.368 e. The summed E-state index contributed by atoms with van der Waals surface area (Å²) in [6.45, 7) is 11.1. The highest BCUT2D eigenvalue weighted by Gasteiger charge is 2.23. The van der Waals surface area contributed by atoms with Gasteiger partial charge in [-0.2, -0.15) is 0 Å². The Morgan fingerprint density at radius 2 is 1.50 bits per heavy atom. The molecule has 3 rings (SSSR count). The van der Waals surface area contributed by atoms with Crippen molar-refractivity contribution in [1.82, 2.24) is 10.3 Å². The minimum atomic E-state index is 0.588. The van der Waals surface area contributed by atoms with Crippen LogP contribution >= 0.6 is 0 Å². The molecule has 2 heterocycles. The Labute approximate surface area is 122 Å². The van der Waals surface area contributed by atoms with Crippen LogP contribution in [0.25, 0.3) is 10.9 Å². The van der Waals surface area contributed by atoms with Crippen LogP contribution in [0.2, 0.25) is 0 Å². The van der Waals surface area contributed by atoms with E-state index in [-0.39, 0.29) is 0 Å². The molecule has 0 amide bonds. The molecule has 1 aliphatic heterocycles. The lowest BCUT2D eigenvalue weighted by Gasteiger charge is -2.24. The second kappa shape index (κ2) is 4.96. The number of piperidine rings is 1. The van der Waals surface area contributed by atoms with Crippen molar-refractivity contribution < 1.29 is 0 Å². The van der Waals surface area contributed by atoms with E-state index in [4.69, 9.17) is 7.85 Å². The number of aromatic nitrogens is 1. The van der Waals surface area contributed by atoms with Gasteiger partial charge in [0, 0.05) is 10.9 Å². The van der Waals surface area contributed by atoms with Gasteiger partial charge in [0.2, 0.25) is 0 Å². The van der Waals surface area contributed by atoms with Crippen LogP contribution in [0.15, 0.2) is 0 Å². The van der Waals surface area contributed by atoms with E-state index in [0.717, 1.165) is 18.7 Å². The summed E-state index contributed by atoms with van der Waals surface area (Å²) in [6.07, 6.45) is 2.37. The van der Waals surface area contributed by atoms with Crippen LogP contribution in [0.3, 0.4) is 0 Å². The Kier molecular flexibility index (Phi) is 3.41. The summed E-state index contributed by atoms with van der Waals surface area (Å²) < 4.78 is 0. The number of nitrogens with one attached hydrogen (secondary N) is 2. The van der Waals surface area contributed by atoms with Gasteiger partial charge in [0.25, 0.3) is 0 Å². The van der Waals surface area contributed by atoms with Crippen molar-refractivity contribution in [3.05, 3.63) is 27.8 Å². The molecule has 2 nitrogen and oxygen atoms in total. The monoisotopic (exact) mass is 266 g/mol. The zero-order valence-corrected chi connectivity index (χ0v) is 13.0. The van der Waals surface area contributed by atoms with Crippen molar-refractivity contribution in [3.63, 3.8) is 0 Å². The molecule has 1 aromatic heterocycles. The third-order valence-corrected chi connectivity index (χ3v) is 5.25. The molecule has 0 saturated carbocycles. The molecule has 1 aliphatic rings. The molecule has 1 fully saturated rings. The molecule has 0 unspecified atom stereocenters. The van der Waals surface area contributed by atoms with Crippen molar-refractivity contribution >= 4 is 24.3 Å². The standard InChI is InChI=1S/C17H23BN2/c1-9-10(2)12(4)16-14(11(9)3)15(17(18)20-16)13-5-7-19-8-6-13/h13,19-20H,5-8H2,1-4H3. The number of rotatable bonds is 1. The normalized spacial score (nSPS) is 17.0. The van der Waals surface area contributed by atoms with Gasteiger partial charge >= 0.3 is 0 Å². The molecule has 20 heavy (non-hydrogen) atoms. The number of fused-ring (bicyclic) bond motifs is 1. The van der Waals surface area contributed by atoms with Gasteiger partial charge in [-0.05, 0) is 93.0 Å². The molecule has 1 aromatic carbocycles. The zero-order valence-electron chi connectivity index (χ0n) is 13.0. The predicted molar refractivity (Wildman–Crippen MR) is 87.5 cm³/mol. The number of benzene rings is 1. The number of aryl methyl sites for hydroxylation is 2. The summed E-state index contributed by atoms with van der Waals surface area (Å²) in [4.78, 5) is 3.46. The van der Waals surface area contributed by atoms with E-state index in [9.17, 15) is 0 Å². The van der Waals surface area contributed by atoms with Crippen molar-refractivity contribution in [2.24, 2.45) is 0 Å². The number of H-pyrrole nitrogens is 1. The molecule has 2 radical (unpaired) electrons. The van der Waals surface area contributed by atoms with Crippen LogP contribution in [-0.4, -0.2) is 25.9 Å². The predicted octanol–water partition coefficient (Wildman–Crippen LogP) is 2.66. The van der Waals surface area contributed by atoms with Gasteiger partial charge in [0.1, 0.15) is 7.85 Å². The Balaban J connectivity index is 2.29. The van der Waals surface area contributed by atoms with E-state index in [1.165, 1.54) is 51.6 Å². The second-order valence-corrected chi connectivity index (χ2v) is 6.23.